The van der Waals surface area contributed by atoms with E-state index < -0.39 is 0 Å². The highest BCUT2D eigenvalue weighted by Gasteiger charge is 2.33. The summed E-state index contributed by atoms with van der Waals surface area (Å²) >= 11 is 0. The normalized spacial score (nSPS) is 23.4. The van der Waals surface area contributed by atoms with Crippen LogP contribution in [0, 0.1) is 5.92 Å². The Kier molecular flexibility index (Phi) is 4.98. The summed E-state index contributed by atoms with van der Waals surface area (Å²) in [5.41, 5.74) is 0.975. The molecule has 0 aliphatic carbocycles. The molecule has 2 rings (SSSR count). The molecule has 1 saturated heterocycles. The summed E-state index contributed by atoms with van der Waals surface area (Å²) in [7, 11) is 3.48. The monoisotopic (exact) mass is 278 g/mol. The topological polar surface area (TPSA) is 59.6 Å². The van der Waals surface area contributed by atoms with Crippen LogP contribution in [0.2, 0.25) is 0 Å². The maximum Gasteiger partial charge on any atom is 0.227 e. The molecule has 0 aromatic heterocycles. The smallest absolute Gasteiger partial charge is 0.227 e. The van der Waals surface area contributed by atoms with Gasteiger partial charge in [0.2, 0.25) is 5.91 Å². The van der Waals surface area contributed by atoms with E-state index in [-0.39, 0.29) is 23.9 Å². The van der Waals surface area contributed by atoms with E-state index in [9.17, 15) is 4.79 Å². The lowest BCUT2D eigenvalue weighted by atomic mass is 10.0. The summed E-state index contributed by atoms with van der Waals surface area (Å²) < 4.78 is 10.7. The van der Waals surface area contributed by atoms with Crippen molar-refractivity contribution in [1.29, 1.82) is 0 Å². The summed E-state index contributed by atoms with van der Waals surface area (Å²) in [5, 5.41) is 6.16. The molecular weight excluding hydrogens is 256 g/mol. The molecule has 0 radical (unpaired) electrons. The van der Waals surface area contributed by atoms with Crippen molar-refractivity contribution in [3.8, 4) is 5.75 Å². The molecule has 3 unspecified atom stereocenters. The third-order valence-electron chi connectivity index (χ3n) is 3.75. The fourth-order valence-electron chi connectivity index (χ4n) is 2.52. The average Bonchev–Trinajstić information content (AvgIpc) is 2.95. The summed E-state index contributed by atoms with van der Waals surface area (Å²) in [6.45, 7) is 3.01. The minimum atomic E-state index is -0.142. The van der Waals surface area contributed by atoms with Crippen LogP contribution in [0.5, 0.6) is 5.75 Å². The number of benzene rings is 1. The summed E-state index contributed by atoms with van der Waals surface area (Å²) in [6.07, 6.45) is 0. The van der Waals surface area contributed by atoms with Crippen LogP contribution < -0.4 is 15.4 Å². The zero-order chi connectivity index (χ0) is 14.5. The first-order chi connectivity index (χ1) is 9.67. The Labute approximate surface area is 119 Å². The third-order valence-corrected chi connectivity index (χ3v) is 3.75. The van der Waals surface area contributed by atoms with Gasteiger partial charge in [-0.15, -0.1) is 0 Å². The summed E-state index contributed by atoms with van der Waals surface area (Å²) in [4.78, 5) is 12.3. The first-order valence-corrected chi connectivity index (χ1v) is 6.85. The lowest BCUT2D eigenvalue weighted by molar-refractivity contribution is -0.126. The second-order valence-corrected chi connectivity index (χ2v) is 5.01. The van der Waals surface area contributed by atoms with Crippen LogP contribution in [-0.2, 0) is 9.53 Å². The third kappa shape index (κ3) is 3.11. The minimum Gasteiger partial charge on any atom is -0.496 e. The van der Waals surface area contributed by atoms with Gasteiger partial charge >= 0.3 is 0 Å². The number of amides is 1. The molecule has 2 N–H and O–H groups in total. The van der Waals surface area contributed by atoms with Crippen molar-refractivity contribution in [1.82, 2.24) is 10.6 Å². The largest absolute Gasteiger partial charge is 0.496 e. The van der Waals surface area contributed by atoms with Crippen molar-refractivity contribution < 1.29 is 14.3 Å². The lowest BCUT2D eigenvalue weighted by Gasteiger charge is -2.21. The molecule has 1 aromatic rings. The number of rotatable bonds is 5. The van der Waals surface area contributed by atoms with Crippen LogP contribution in [0.3, 0.4) is 0 Å². The molecule has 1 heterocycles. The summed E-state index contributed by atoms with van der Waals surface area (Å²) in [6, 6.07) is 7.70. The molecule has 0 spiro atoms. The highest BCUT2D eigenvalue weighted by atomic mass is 16.5. The maximum absolute atomic E-state index is 12.3. The molecule has 1 fully saturated rings. The van der Waals surface area contributed by atoms with Gasteiger partial charge in [0.05, 0.1) is 32.3 Å². The Morgan fingerprint density at radius 2 is 2.15 bits per heavy atom. The van der Waals surface area contributed by atoms with Crippen LogP contribution in [0.25, 0.3) is 0 Å². The standard InChI is InChI=1S/C15H22N2O3/c1-10(11-6-4-5-7-14(11)19-3)17-15(18)12-8-20-9-13(12)16-2/h4-7,10,12-13,16H,8-9H2,1-3H3,(H,17,18). The molecule has 0 saturated carbocycles. The lowest BCUT2D eigenvalue weighted by Crippen LogP contribution is -2.43. The van der Waals surface area contributed by atoms with Gasteiger partial charge in [0, 0.05) is 11.6 Å². The second kappa shape index (κ2) is 6.72. The van der Waals surface area contributed by atoms with Crippen molar-refractivity contribution >= 4 is 5.91 Å². The number of hydrogen-bond donors (Lipinski definition) is 2. The quantitative estimate of drug-likeness (QED) is 0.847. The fourth-order valence-corrected chi connectivity index (χ4v) is 2.52. The van der Waals surface area contributed by atoms with E-state index in [2.05, 4.69) is 10.6 Å². The van der Waals surface area contributed by atoms with Crippen molar-refractivity contribution in [3.63, 3.8) is 0 Å². The van der Waals surface area contributed by atoms with E-state index in [1.165, 1.54) is 0 Å². The van der Waals surface area contributed by atoms with Gasteiger partial charge in [0.25, 0.3) is 0 Å². The zero-order valence-corrected chi connectivity index (χ0v) is 12.2. The highest BCUT2D eigenvalue weighted by molar-refractivity contribution is 5.80. The Hall–Kier alpha value is -1.59. The van der Waals surface area contributed by atoms with Crippen LogP contribution >= 0.6 is 0 Å². The molecule has 0 bridgehead atoms. The van der Waals surface area contributed by atoms with Gasteiger partial charge in [0.15, 0.2) is 0 Å². The van der Waals surface area contributed by atoms with E-state index in [1.54, 1.807) is 7.11 Å². The molecule has 3 atom stereocenters. The molecule has 1 aromatic carbocycles. The van der Waals surface area contributed by atoms with Gasteiger partial charge in [0.1, 0.15) is 5.75 Å². The molecule has 1 aliphatic rings. The number of methoxy groups -OCH3 is 1. The van der Waals surface area contributed by atoms with Crippen molar-refractivity contribution in [2.45, 2.75) is 19.0 Å². The van der Waals surface area contributed by atoms with Gasteiger partial charge in [-0.2, -0.15) is 0 Å². The highest BCUT2D eigenvalue weighted by Crippen LogP contribution is 2.25. The fraction of sp³-hybridized carbons (Fsp3) is 0.533. The number of likely N-dealkylation sites (N-methyl/N-ethyl adjacent to an activating group) is 1. The van der Waals surface area contributed by atoms with E-state index in [0.29, 0.717) is 13.2 Å². The van der Waals surface area contributed by atoms with Crippen LogP contribution in [0.4, 0.5) is 0 Å². The molecular formula is C15H22N2O3. The summed E-state index contributed by atoms with van der Waals surface area (Å²) in [5.74, 6) is 0.658. The molecule has 1 aliphatic heterocycles. The van der Waals surface area contributed by atoms with Crippen molar-refractivity contribution in [2.75, 3.05) is 27.4 Å². The van der Waals surface area contributed by atoms with Crippen LogP contribution in [0.1, 0.15) is 18.5 Å². The van der Waals surface area contributed by atoms with Crippen molar-refractivity contribution in [3.05, 3.63) is 29.8 Å². The molecule has 20 heavy (non-hydrogen) atoms. The van der Waals surface area contributed by atoms with Gasteiger partial charge in [-0.3, -0.25) is 4.79 Å². The Bertz CT molecular complexity index is 464. The number of carbonyl (C=O) groups excluding carboxylic acids is 1. The van der Waals surface area contributed by atoms with E-state index in [4.69, 9.17) is 9.47 Å². The van der Waals surface area contributed by atoms with E-state index >= 15 is 0 Å². The second-order valence-electron chi connectivity index (χ2n) is 5.01. The Morgan fingerprint density at radius 1 is 1.40 bits per heavy atom. The minimum absolute atomic E-state index is 0.0141. The molecule has 5 nitrogen and oxygen atoms in total. The first kappa shape index (κ1) is 14.8. The first-order valence-electron chi connectivity index (χ1n) is 6.85. The van der Waals surface area contributed by atoms with Gasteiger partial charge in [-0.1, -0.05) is 18.2 Å². The van der Waals surface area contributed by atoms with Crippen molar-refractivity contribution in [2.24, 2.45) is 5.92 Å². The Balaban J connectivity index is 2.03. The Morgan fingerprint density at radius 3 is 2.85 bits per heavy atom. The number of carbonyl (C=O) groups is 1. The van der Waals surface area contributed by atoms with E-state index in [0.717, 1.165) is 11.3 Å². The van der Waals surface area contributed by atoms with Crippen LogP contribution in [0.15, 0.2) is 24.3 Å². The van der Waals surface area contributed by atoms with Crippen LogP contribution in [-0.4, -0.2) is 39.3 Å². The number of hydrogen-bond acceptors (Lipinski definition) is 4. The maximum atomic E-state index is 12.3. The zero-order valence-electron chi connectivity index (χ0n) is 12.2. The SMILES string of the molecule is CNC1COCC1C(=O)NC(C)c1ccccc1OC. The van der Waals surface area contributed by atoms with Gasteiger partial charge in [-0.05, 0) is 20.0 Å². The van der Waals surface area contributed by atoms with Gasteiger partial charge < -0.3 is 20.1 Å². The van der Waals surface area contributed by atoms with Gasteiger partial charge in [-0.25, -0.2) is 0 Å². The molecule has 110 valence electrons. The molecule has 5 heteroatoms. The average molecular weight is 278 g/mol. The van der Waals surface area contributed by atoms with E-state index in [1.807, 2.05) is 38.2 Å². The number of para-hydroxylation sites is 1. The number of ether oxygens (including phenoxy) is 2. The molecule has 1 amide bonds. The predicted octanol–water partition coefficient (Wildman–Crippen LogP) is 1.11. The number of nitrogens with one attached hydrogen (secondary N) is 2. The predicted molar refractivity (Wildman–Crippen MR) is 76.7 cm³/mol.